The summed E-state index contributed by atoms with van der Waals surface area (Å²) < 4.78 is 13.3. The van der Waals surface area contributed by atoms with Crippen molar-refractivity contribution in [1.82, 2.24) is 20.0 Å². The largest absolute Gasteiger partial charge is 0.475 e. The van der Waals surface area contributed by atoms with E-state index in [2.05, 4.69) is 15.5 Å². The van der Waals surface area contributed by atoms with Crippen molar-refractivity contribution in [3.8, 4) is 16.9 Å². The van der Waals surface area contributed by atoms with Gasteiger partial charge in [-0.2, -0.15) is 0 Å². The minimum Gasteiger partial charge on any atom is -0.475 e. The Balaban J connectivity index is 1.79. The molecule has 2 unspecified atom stereocenters. The van der Waals surface area contributed by atoms with Crippen LogP contribution in [0.5, 0.6) is 5.75 Å². The number of rotatable bonds is 5. The molecule has 2 aromatic carbocycles. The van der Waals surface area contributed by atoms with E-state index in [9.17, 15) is 14.7 Å². The van der Waals surface area contributed by atoms with Gasteiger partial charge in [0.05, 0.1) is 23.4 Å². The number of nitrogens with zero attached hydrogens (tertiary/aromatic N) is 2. The second-order valence-electron chi connectivity index (χ2n) is 7.75. The van der Waals surface area contributed by atoms with E-state index in [1.807, 2.05) is 49.4 Å². The number of aliphatic hydroxyl groups excluding tert-OH is 1. The van der Waals surface area contributed by atoms with Crippen molar-refractivity contribution in [2.24, 2.45) is 0 Å². The summed E-state index contributed by atoms with van der Waals surface area (Å²) in [4.78, 5) is 29.1. The number of aliphatic hydroxyl groups is 1. The molecule has 2 aromatic heterocycles. The van der Waals surface area contributed by atoms with Gasteiger partial charge >= 0.3 is 5.69 Å². The predicted octanol–water partition coefficient (Wildman–Crippen LogP) is 2.06. The highest BCUT2D eigenvalue weighted by Crippen LogP contribution is 2.44. The van der Waals surface area contributed by atoms with Crippen molar-refractivity contribution in [3.05, 3.63) is 70.0 Å². The Hall–Kier alpha value is -3.85. The molecule has 0 saturated carbocycles. The van der Waals surface area contributed by atoms with E-state index in [1.54, 1.807) is 11.5 Å². The number of aromatic amines is 1. The van der Waals surface area contributed by atoms with Crippen LogP contribution in [0.15, 0.2) is 51.8 Å². The first-order valence-corrected chi connectivity index (χ1v) is 10.3. The number of carbonyl (C=O) groups is 1. The van der Waals surface area contributed by atoms with Gasteiger partial charge in [0.25, 0.3) is 5.91 Å². The van der Waals surface area contributed by atoms with E-state index in [0.29, 0.717) is 33.8 Å². The Morgan fingerprint density at radius 3 is 2.69 bits per heavy atom. The van der Waals surface area contributed by atoms with Crippen LogP contribution in [0.3, 0.4) is 0 Å². The van der Waals surface area contributed by atoms with E-state index in [4.69, 9.17) is 9.26 Å². The highest BCUT2D eigenvalue weighted by Gasteiger charge is 2.41. The summed E-state index contributed by atoms with van der Waals surface area (Å²) in [5, 5.41) is 15.9. The zero-order chi connectivity index (χ0) is 22.4. The maximum Gasteiger partial charge on any atom is 0.327 e. The van der Waals surface area contributed by atoms with E-state index >= 15 is 0 Å². The molecule has 0 bridgehead atoms. The van der Waals surface area contributed by atoms with E-state index in [1.165, 1.54) is 0 Å². The molecular weight excluding hydrogens is 412 g/mol. The SMILES string of the molecule is Cc1noc(C)c1-c1ccc2[nH]c(=O)n3c2c1OC(C(=O)NCCO)C3c1ccccc1. The smallest absolute Gasteiger partial charge is 0.327 e. The van der Waals surface area contributed by atoms with Crippen LogP contribution < -0.4 is 15.7 Å². The number of carbonyl (C=O) groups excluding carboxylic acids is 1. The standard InChI is InChI=1S/C23H22N4O5/c1-12-17(13(2)32-26-12)15-8-9-16-19-20(15)31-21(22(29)24-10-11-28)18(27(19)23(30)25-16)14-6-4-3-5-7-14/h3-9,18,21,28H,10-11H2,1-2H3,(H,24,29)(H,25,30). The maximum atomic E-state index is 13.1. The third-order valence-corrected chi connectivity index (χ3v) is 5.76. The molecule has 9 heteroatoms. The molecule has 1 aliphatic heterocycles. The molecule has 3 heterocycles. The molecule has 9 nitrogen and oxygen atoms in total. The topological polar surface area (TPSA) is 122 Å². The number of H-pyrrole nitrogens is 1. The van der Waals surface area contributed by atoms with Crippen LogP contribution in [0.2, 0.25) is 0 Å². The molecule has 0 fully saturated rings. The highest BCUT2D eigenvalue weighted by molar-refractivity contribution is 5.94. The molecule has 0 saturated heterocycles. The average Bonchev–Trinajstić information content (AvgIpc) is 3.32. The van der Waals surface area contributed by atoms with Gasteiger partial charge < -0.3 is 24.7 Å². The first-order chi connectivity index (χ1) is 15.5. The monoisotopic (exact) mass is 434 g/mol. The second kappa shape index (κ2) is 7.69. The number of nitrogens with one attached hydrogen (secondary N) is 2. The fourth-order valence-corrected chi connectivity index (χ4v) is 4.41. The predicted molar refractivity (Wildman–Crippen MR) is 117 cm³/mol. The van der Waals surface area contributed by atoms with Crippen LogP contribution in [0.1, 0.15) is 23.1 Å². The van der Waals surface area contributed by atoms with E-state index in [-0.39, 0.29) is 18.8 Å². The lowest BCUT2D eigenvalue weighted by atomic mass is 9.96. The maximum absolute atomic E-state index is 13.1. The quantitative estimate of drug-likeness (QED) is 0.442. The zero-order valence-electron chi connectivity index (χ0n) is 17.6. The molecular formula is C23H22N4O5. The Morgan fingerprint density at radius 2 is 2.00 bits per heavy atom. The number of ether oxygens (including phenoxy) is 1. The Morgan fingerprint density at radius 1 is 1.22 bits per heavy atom. The van der Waals surface area contributed by atoms with Gasteiger partial charge in [-0.15, -0.1) is 0 Å². The molecule has 0 spiro atoms. The summed E-state index contributed by atoms with van der Waals surface area (Å²) in [5.74, 6) is 0.595. The average molecular weight is 434 g/mol. The number of aromatic nitrogens is 3. The van der Waals surface area contributed by atoms with Crippen molar-refractivity contribution in [2.45, 2.75) is 26.0 Å². The molecule has 32 heavy (non-hydrogen) atoms. The summed E-state index contributed by atoms with van der Waals surface area (Å²) >= 11 is 0. The fraction of sp³-hybridized carbons (Fsp3) is 0.261. The third-order valence-electron chi connectivity index (χ3n) is 5.76. The van der Waals surface area contributed by atoms with Crippen LogP contribution >= 0.6 is 0 Å². The van der Waals surface area contributed by atoms with Crippen molar-refractivity contribution in [2.75, 3.05) is 13.2 Å². The summed E-state index contributed by atoms with van der Waals surface area (Å²) in [6, 6.07) is 12.2. The minimum atomic E-state index is -1.03. The van der Waals surface area contributed by atoms with Gasteiger partial charge in [0.2, 0.25) is 6.10 Å². The van der Waals surface area contributed by atoms with Gasteiger partial charge in [-0.3, -0.25) is 9.36 Å². The minimum absolute atomic E-state index is 0.0794. The number of amides is 1. The lowest BCUT2D eigenvalue weighted by Gasteiger charge is -2.33. The van der Waals surface area contributed by atoms with Gasteiger partial charge in [0.1, 0.15) is 17.3 Å². The lowest BCUT2D eigenvalue weighted by Crippen LogP contribution is -2.48. The van der Waals surface area contributed by atoms with Crippen molar-refractivity contribution >= 4 is 16.9 Å². The molecule has 164 valence electrons. The molecule has 3 N–H and O–H groups in total. The second-order valence-corrected chi connectivity index (χ2v) is 7.75. The number of aryl methyl sites for hydroxylation is 2. The van der Waals surface area contributed by atoms with Crippen molar-refractivity contribution in [3.63, 3.8) is 0 Å². The Labute approximate surface area is 182 Å². The molecule has 0 aliphatic carbocycles. The summed E-state index contributed by atoms with van der Waals surface area (Å²) in [6.45, 7) is 3.51. The molecule has 2 atom stereocenters. The third kappa shape index (κ3) is 3.01. The van der Waals surface area contributed by atoms with Crippen molar-refractivity contribution in [1.29, 1.82) is 0 Å². The van der Waals surface area contributed by atoms with Crippen LogP contribution in [0, 0.1) is 13.8 Å². The van der Waals surface area contributed by atoms with Gasteiger partial charge in [-0.25, -0.2) is 4.79 Å². The van der Waals surface area contributed by atoms with Gasteiger partial charge in [-0.1, -0.05) is 35.5 Å². The molecule has 4 aromatic rings. The zero-order valence-corrected chi connectivity index (χ0v) is 17.6. The first kappa shape index (κ1) is 20.1. The van der Waals surface area contributed by atoms with Gasteiger partial charge in [-0.05, 0) is 31.5 Å². The number of hydrogen-bond acceptors (Lipinski definition) is 6. The molecule has 1 amide bonds. The lowest BCUT2D eigenvalue weighted by molar-refractivity contribution is -0.129. The fourth-order valence-electron chi connectivity index (χ4n) is 4.41. The molecule has 1 aliphatic rings. The number of hydrogen-bond donors (Lipinski definition) is 3. The van der Waals surface area contributed by atoms with Gasteiger partial charge in [0, 0.05) is 12.1 Å². The highest BCUT2D eigenvalue weighted by atomic mass is 16.5. The van der Waals surface area contributed by atoms with E-state index < -0.39 is 18.1 Å². The van der Waals surface area contributed by atoms with Gasteiger partial charge in [0.15, 0.2) is 5.75 Å². The molecule has 5 rings (SSSR count). The van der Waals surface area contributed by atoms with Crippen LogP contribution in [-0.4, -0.2) is 45.0 Å². The first-order valence-electron chi connectivity index (χ1n) is 10.3. The van der Waals surface area contributed by atoms with Crippen LogP contribution in [-0.2, 0) is 4.79 Å². The normalized spacial score (nSPS) is 17.3. The van der Waals surface area contributed by atoms with E-state index in [0.717, 1.165) is 11.1 Å². The number of benzene rings is 2. The Bertz CT molecular complexity index is 1350. The Kier molecular flexibility index (Phi) is 4.82. The summed E-state index contributed by atoms with van der Waals surface area (Å²) in [5.41, 5.74) is 3.73. The van der Waals surface area contributed by atoms with Crippen LogP contribution in [0.4, 0.5) is 0 Å². The summed E-state index contributed by atoms with van der Waals surface area (Å²) in [7, 11) is 0. The summed E-state index contributed by atoms with van der Waals surface area (Å²) in [6.07, 6.45) is -1.03. The van der Waals surface area contributed by atoms with Crippen LogP contribution in [0.25, 0.3) is 22.2 Å². The molecule has 0 radical (unpaired) electrons. The van der Waals surface area contributed by atoms with Crippen molar-refractivity contribution < 1.29 is 19.2 Å². The number of imidazole rings is 1.